The predicted octanol–water partition coefficient (Wildman–Crippen LogP) is 4.57. The molecule has 0 saturated carbocycles. The monoisotopic (exact) mass is 319 g/mol. The Labute approximate surface area is 129 Å². The second-order valence-electron chi connectivity index (χ2n) is 5.25. The van der Waals surface area contributed by atoms with Gasteiger partial charge >= 0.3 is 6.18 Å². The lowest BCUT2D eigenvalue weighted by Gasteiger charge is -2.07. The van der Waals surface area contributed by atoms with Gasteiger partial charge in [-0.1, -0.05) is 24.3 Å². The number of aryl methyl sites for hydroxylation is 1. The SMILES string of the molecule is Cc1ccc2c(C(=O)c3ccc(C(F)(F)F)cc3)c(N)oc2c1. The Kier molecular flexibility index (Phi) is 3.39. The first kappa shape index (κ1) is 15.1. The zero-order chi connectivity index (χ0) is 16.8. The van der Waals surface area contributed by atoms with Crippen LogP contribution in [0.1, 0.15) is 27.0 Å². The first-order valence-corrected chi connectivity index (χ1v) is 6.78. The van der Waals surface area contributed by atoms with Crippen molar-refractivity contribution >= 4 is 22.6 Å². The van der Waals surface area contributed by atoms with Gasteiger partial charge in [0.1, 0.15) is 5.58 Å². The molecule has 3 rings (SSSR count). The number of rotatable bonds is 2. The highest BCUT2D eigenvalue weighted by atomic mass is 19.4. The van der Waals surface area contributed by atoms with Crippen molar-refractivity contribution in [2.45, 2.75) is 13.1 Å². The molecular weight excluding hydrogens is 307 g/mol. The van der Waals surface area contributed by atoms with Crippen molar-refractivity contribution in [3.05, 3.63) is 64.7 Å². The molecule has 0 bridgehead atoms. The minimum atomic E-state index is -4.44. The number of benzene rings is 2. The first-order chi connectivity index (χ1) is 10.8. The molecule has 0 amide bonds. The highest BCUT2D eigenvalue weighted by Crippen LogP contribution is 2.32. The largest absolute Gasteiger partial charge is 0.440 e. The van der Waals surface area contributed by atoms with Crippen molar-refractivity contribution in [2.75, 3.05) is 5.73 Å². The van der Waals surface area contributed by atoms with Crippen molar-refractivity contribution in [1.29, 1.82) is 0 Å². The van der Waals surface area contributed by atoms with E-state index >= 15 is 0 Å². The Morgan fingerprint density at radius 3 is 2.35 bits per heavy atom. The number of furan rings is 1. The lowest BCUT2D eigenvalue weighted by molar-refractivity contribution is -0.137. The molecular formula is C17H12F3NO2. The van der Waals surface area contributed by atoms with Gasteiger partial charge in [0.25, 0.3) is 0 Å². The van der Waals surface area contributed by atoms with Crippen LogP contribution in [0.4, 0.5) is 19.1 Å². The Bertz CT molecular complexity index is 893. The van der Waals surface area contributed by atoms with Gasteiger partial charge in [-0.3, -0.25) is 4.79 Å². The number of hydrogen-bond donors (Lipinski definition) is 1. The number of ketones is 1. The van der Waals surface area contributed by atoms with E-state index in [0.29, 0.717) is 11.0 Å². The molecule has 0 spiro atoms. The van der Waals surface area contributed by atoms with Gasteiger partial charge in [0, 0.05) is 10.9 Å². The molecule has 0 aliphatic rings. The van der Waals surface area contributed by atoms with Crippen LogP contribution in [-0.2, 0) is 6.18 Å². The standard InChI is InChI=1S/C17H12F3NO2/c1-9-2-7-12-13(8-9)23-16(21)14(12)15(22)10-3-5-11(6-4-10)17(18,19)20/h2-8H,21H2,1H3. The van der Waals surface area contributed by atoms with Gasteiger partial charge in [-0.25, -0.2) is 0 Å². The van der Waals surface area contributed by atoms with Crippen molar-refractivity contribution in [3.63, 3.8) is 0 Å². The maximum Gasteiger partial charge on any atom is 0.416 e. The number of fused-ring (bicyclic) bond motifs is 1. The van der Waals surface area contributed by atoms with Crippen molar-refractivity contribution in [1.82, 2.24) is 0 Å². The minimum absolute atomic E-state index is 0.0458. The number of carbonyl (C=O) groups excluding carboxylic acids is 1. The summed E-state index contributed by atoms with van der Waals surface area (Å²) in [6, 6.07) is 9.28. The molecule has 0 radical (unpaired) electrons. The van der Waals surface area contributed by atoms with Gasteiger partial charge in [-0.05, 0) is 30.7 Å². The fraction of sp³-hybridized carbons (Fsp3) is 0.118. The molecule has 0 saturated heterocycles. The number of carbonyl (C=O) groups is 1. The molecule has 23 heavy (non-hydrogen) atoms. The number of alkyl halides is 3. The Hall–Kier alpha value is -2.76. The Balaban J connectivity index is 2.05. The van der Waals surface area contributed by atoms with E-state index < -0.39 is 17.5 Å². The van der Waals surface area contributed by atoms with Crippen molar-refractivity contribution in [3.8, 4) is 0 Å². The van der Waals surface area contributed by atoms with Crippen LogP contribution >= 0.6 is 0 Å². The number of nitrogen functional groups attached to an aromatic ring is 1. The summed E-state index contributed by atoms with van der Waals surface area (Å²) in [6.45, 7) is 1.87. The summed E-state index contributed by atoms with van der Waals surface area (Å²) < 4.78 is 43.1. The summed E-state index contributed by atoms with van der Waals surface area (Å²) >= 11 is 0. The fourth-order valence-electron chi connectivity index (χ4n) is 2.41. The van der Waals surface area contributed by atoms with Crippen LogP contribution in [0.2, 0.25) is 0 Å². The molecule has 6 heteroatoms. The molecule has 0 aliphatic heterocycles. The maximum atomic E-state index is 12.6. The fourth-order valence-corrected chi connectivity index (χ4v) is 2.41. The third-order valence-corrected chi connectivity index (χ3v) is 3.57. The van der Waals surface area contributed by atoms with Gasteiger partial charge in [0.2, 0.25) is 5.88 Å². The van der Waals surface area contributed by atoms with E-state index in [-0.39, 0.29) is 17.0 Å². The van der Waals surface area contributed by atoms with E-state index in [0.717, 1.165) is 29.8 Å². The topological polar surface area (TPSA) is 56.2 Å². The van der Waals surface area contributed by atoms with Crippen LogP contribution in [0, 0.1) is 6.92 Å². The molecule has 118 valence electrons. The van der Waals surface area contributed by atoms with Crippen LogP contribution in [0.15, 0.2) is 46.9 Å². The van der Waals surface area contributed by atoms with Crippen molar-refractivity contribution in [2.24, 2.45) is 0 Å². The second-order valence-corrected chi connectivity index (χ2v) is 5.25. The van der Waals surface area contributed by atoms with Crippen LogP contribution in [-0.4, -0.2) is 5.78 Å². The molecule has 3 nitrogen and oxygen atoms in total. The summed E-state index contributed by atoms with van der Waals surface area (Å²) in [4.78, 5) is 12.6. The number of halogens is 3. The molecule has 0 atom stereocenters. The number of hydrogen-bond acceptors (Lipinski definition) is 3. The van der Waals surface area contributed by atoms with E-state index in [9.17, 15) is 18.0 Å². The van der Waals surface area contributed by atoms with Gasteiger partial charge in [0.15, 0.2) is 5.78 Å². The van der Waals surface area contributed by atoms with Gasteiger partial charge in [-0.15, -0.1) is 0 Å². The molecule has 0 unspecified atom stereocenters. The zero-order valence-corrected chi connectivity index (χ0v) is 12.1. The second kappa shape index (κ2) is 5.15. The zero-order valence-electron chi connectivity index (χ0n) is 12.1. The van der Waals surface area contributed by atoms with E-state index in [2.05, 4.69) is 0 Å². The highest BCUT2D eigenvalue weighted by Gasteiger charge is 2.30. The normalized spacial score (nSPS) is 11.8. The summed E-state index contributed by atoms with van der Waals surface area (Å²) in [5, 5.41) is 0.540. The van der Waals surface area contributed by atoms with Crippen LogP contribution in [0.25, 0.3) is 11.0 Å². The highest BCUT2D eigenvalue weighted by molar-refractivity contribution is 6.19. The smallest absolute Gasteiger partial charge is 0.416 e. The lowest BCUT2D eigenvalue weighted by atomic mass is 10.00. The summed E-state index contributed by atoms with van der Waals surface area (Å²) in [7, 11) is 0. The third kappa shape index (κ3) is 2.67. The van der Waals surface area contributed by atoms with E-state index in [1.54, 1.807) is 18.2 Å². The van der Waals surface area contributed by atoms with E-state index in [1.165, 1.54) is 0 Å². The molecule has 1 heterocycles. The first-order valence-electron chi connectivity index (χ1n) is 6.78. The summed E-state index contributed by atoms with van der Waals surface area (Å²) in [5.41, 5.74) is 6.66. The minimum Gasteiger partial charge on any atom is -0.440 e. The molecule has 0 fully saturated rings. The lowest BCUT2D eigenvalue weighted by Crippen LogP contribution is -2.07. The van der Waals surface area contributed by atoms with E-state index in [1.807, 2.05) is 6.92 Å². The molecule has 1 aromatic heterocycles. The molecule has 2 N–H and O–H groups in total. The van der Waals surface area contributed by atoms with Crippen molar-refractivity contribution < 1.29 is 22.4 Å². The van der Waals surface area contributed by atoms with E-state index in [4.69, 9.17) is 10.2 Å². The van der Waals surface area contributed by atoms with Gasteiger partial charge in [0.05, 0.1) is 11.1 Å². The van der Waals surface area contributed by atoms with Gasteiger partial charge in [-0.2, -0.15) is 13.2 Å². The molecule has 0 aliphatic carbocycles. The third-order valence-electron chi connectivity index (χ3n) is 3.57. The van der Waals surface area contributed by atoms with Crippen LogP contribution in [0.5, 0.6) is 0 Å². The van der Waals surface area contributed by atoms with Gasteiger partial charge < -0.3 is 10.2 Å². The van der Waals surface area contributed by atoms with Crippen LogP contribution in [0.3, 0.4) is 0 Å². The summed E-state index contributed by atoms with van der Waals surface area (Å²) in [6.07, 6.45) is -4.44. The molecule has 3 aromatic rings. The average Bonchev–Trinajstić information content (AvgIpc) is 2.80. The number of anilines is 1. The Morgan fingerprint density at radius 2 is 1.74 bits per heavy atom. The van der Waals surface area contributed by atoms with Crippen LogP contribution < -0.4 is 5.73 Å². The molecule has 2 aromatic carbocycles. The number of nitrogens with two attached hydrogens (primary N) is 1. The maximum absolute atomic E-state index is 12.6. The predicted molar refractivity (Wildman–Crippen MR) is 80.2 cm³/mol. The Morgan fingerprint density at radius 1 is 1.09 bits per heavy atom. The summed E-state index contributed by atoms with van der Waals surface area (Å²) in [5.74, 6) is -0.519. The average molecular weight is 319 g/mol. The quantitative estimate of drug-likeness (QED) is 0.704.